The summed E-state index contributed by atoms with van der Waals surface area (Å²) in [7, 11) is 0. The maximum atomic E-state index is 12.1. The quantitative estimate of drug-likeness (QED) is 0.763. The minimum absolute atomic E-state index is 0.0181. The maximum Gasteiger partial charge on any atom is 0.226 e. The minimum Gasteiger partial charge on any atom is -0.309 e. The SMILES string of the molecule is O=C1CC(c2cnc3ccccc3c2)c2c(n[nH]c2C2CC2)N1. The topological polar surface area (TPSA) is 70.7 Å². The highest BCUT2D eigenvalue weighted by Crippen LogP contribution is 2.47. The number of carbonyl (C=O) groups is 1. The molecule has 5 rings (SSSR count). The van der Waals surface area contributed by atoms with Gasteiger partial charge in [-0.25, -0.2) is 0 Å². The molecule has 0 spiro atoms. The molecular weight excluding hydrogens is 288 g/mol. The Kier molecular flexibility index (Phi) is 2.59. The standard InChI is InChI=1S/C18H16N4O/c23-15-8-13(12-7-11-3-1-2-4-14(11)19-9-12)16-17(10-5-6-10)21-22-18(16)20-15/h1-4,7,9-10,13H,5-6,8H2,(H2,20,21,22,23). The van der Waals surface area contributed by atoms with Crippen LogP contribution in [0.1, 0.15) is 47.9 Å². The van der Waals surface area contributed by atoms with Gasteiger partial charge in [-0.3, -0.25) is 14.9 Å². The van der Waals surface area contributed by atoms with E-state index in [0.717, 1.165) is 22.0 Å². The number of nitrogens with one attached hydrogen (secondary N) is 2. The van der Waals surface area contributed by atoms with Crippen LogP contribution in [0.15, 0.2) is 36.5 Å². The number of para-hydroxylation sites is 1. The molecular formula is C18H16N4O. The van der Waals surface area contributed by atoms with Crippen molar-refractivity contribution in [1.82, 2.24) is 15.2 Å². The number of aromatic nitrogens is 3. The van der Waals surface area contributed by atoms with Gasteiger partial charge in [-0.1, -0.05) is 18.2 Å². The summed E-state index contributed by atoms with van der Waals surface area (Å²) in [6.45, 7) is 0. The van der Waals surface area contributed by atoms with E-state index in [1.165, 1.54) is 18.5 Å². The Labute approximate surface area is 133 Å². The number of hydrogen-bond acceptors (Lipinski definition) is 3. The van der Waals surface area contributed by atoms with Crippen LogP contribution in [-0.4, -0.2) is 21.1 Å². The van der Waals surface area contributed by atoms with E-state index >= 15 is 0 Å². The number of hydrogen-bond donors (Lipinski definition) is 2. The minimum atomic E-state index is 0.0181. The molecule has 1 aromatic carbocycles. The number of H-pyrrole nitrogens is 1. The number of anilines is 1. The van der Waals surface area contributed by atoms with E-state index in [0.29, 0.717) is 18.2 Å². The van der Waals surface area contributed by atoms with Crippen molar-refractivity contribution in [2.75, 3.05) is 5.32 Å². The predicted octanol–water partition coefficient (Wildman–Crippen LogP) is 3.31. The smallest absolute Gasteiger partial charge is 0.226 e. The number of carbonyl (C=O) groups excluding carboxylic acids is 1. The number of nitrogens with zero attached hydrogens (tertiary/aromatic N) is 2. The Morgan fingerprint density at radius 1 is 1.17 bits per heavy atom. The number of amides is 1. The molecule has 3 aromatic rings. The Bertz CT molecular complexity index is 926. The summed E-state index contributed by atoms with van der Waals surface area (Å²) in [4.78, 5) is 16.6. The molecule has 1 amide bonds. The van der Waals surface area contributed by atoms with Crippen LogP contribution in [0.2, 0.25) is 0 Å². The highest BCUT2D eigenvalue weighted by Gasteiger charge is 2.37. The molecule has 23 heavy (non-hydrogen) atoms. The average Bonchev–Trinajstić information content (AvgIpc) is 3.33. The molecule has 2 N–H and O–H groups in total. The van der Waals surface area contributed by atoms with Gasteiger partial charge in [0.2, 0.25) is 5.91 Å². The number of fused-ring (bicyclic) bond motifs is 2. The van der Waals surface area contributed by atoms with Crippen LogP contribution < -0.4 is 5.32 Å². The summed E-state index contributed by atoms with van der Waals surface area (Å²) in [6, 6.07) is 10.2. The van der Waals surface area contributed by atoms with Crippen LogP contribution in [0.3, 0.4) is 0 Å². The highest BCUT2D eigenvalue weighted by atomic mass is 16.1. The molecule has 1 aliphatic heterocycles. The van der Waals surface area contributed by atoms with Crippen LogP contribution in [0.5, 0.6) is 0 Å². The summed E-state index contributed by atoms with van der Waals surface area (Å²) < 4.78 is 0. The molecule has 1 fully saturated rings. The van der Waals surface area contributed by atoms with Gasteiger partial charge in [0.15, 0.2) is 5.82 Å². The molecule has 1 aliphatic carbocycles. The summed E-state index contributed by atoms with van der Waals surface area (Å²) in [5, 5.41) is 11.5. The molecule has 2 aliphatic rings. The van der Waals surface area contributed by atoms with Crippen molar-refractivity contribution in [2.45, 2.75) is 31.1 Å². The Morgan fingerprint density at radius 3 is 2.91 bits per heavy atom. The molecule has 5 nitrogen and oxygen atoms in total. The summed E-state index contributed by atoms with van der Waals surface area (Å²) in [6.07, 6.45) is 4.75. The van der Waals surface area contributed by atoms with E-state index in [1.54, 1.807) is 0 Å². The summed E-state index contributed by atoms with van der Waals surface area (Å²) >= 11 is 0. The molecule has 0 bridgehead atoms. The van der Waals surface area contributed by atoms with E-state index in [1.807, 2.05) is 24.4 Å². The van der Waals surface area contributed by atoms with Crippen LogP contribution >= 0.6 is 0 Å². The second-order valence-corrected chi connectivity index (χ2v) is 6.44. The molecule has 0 radical (unpaired) electrons. The van der Waals surface area contributed by atoms with E-state index in [-0.39, 0.29) is 11.8 Å². The van der Waals surface area contributed by atoms with Crippen molar-refractivity contribution in [3.8, 4) is 0 Å². The molecule has 0 saturated heterocycles. The fourth-order valence-corrected chi connectivity index (χ4v) is 3.53. The molecule has 3 heterocycles. The van der Waals surface area contributed by atoms with Crippen LogP contribution in [0.25, 0.3) is 10.9 Å². The van der Waals surface area contributed by atoms with Gasteiger partial charge in [0, 0.05) is 41.1 Å². The van der Waals surface area contributed by atoms with Gasteiger partial charge in [0.1, 0.15) is 0 Å². The van der Waals surface area contributed by atoms with E-state index < -0.39 is 0 Å². The molecule has 2 aromatic heterocycles. The van der Waals surface area contributed by atoms with Gasteiger partial charge in [-0.2, -0.15) is 5.10 Å². The lowest BCUT2D eigenvalue weighted by atomic mass is 9.85. The second-order valence-electron chi connectivity index (χ2n) is 6.44. The molecule has 5 heteroatoms. The largest absolute Gasteiger partial charge is 0.309 e. The van der Waals surface area contributed by atoms with Crippen molar-refractivity contribution in [2.24, 2.45) is 0 Å². The zero-order valence-electron chi connectivity index (χ0n) is 12.5. The fraction of sp³-hybridized carbons (Fsp3) is 0.278. The normalized spacial score (nSPS) is 20.3. The number of benzene rings is 1. The zero-order chi connectivity index (χ0) is 15.4. The highest BCUT2D eigenvalue weighted by molar-refractivity contribution is 5.94. The lowest BCUT2D eigenvalue weighted by molar-refractivity contribution is -0.116. The number of rotatable bonds is 2. The van der Waals surface area contributed by atoms with Crippen molar-refractivity contribution in [1.29, 1.82) is 0 Å². The second kappa shape index (κ2) is 4.65. The van der Waals surface area contributed by atoms with E-state index in [4.69, 9.17) is 0 Å². The van der Waals surface area contributed by atoms with Crippen LogP contribution in [0.4, 0.5) is 5.82 Å². The van der Waals surface area contributed by atoms with Crippen LogP contribution in [-0.2, 0) is 4.79 Å². The Hall–Kier alpha value is -2.69. The number of pyridine rings is 1. The first kappa shape index (κ1) is 12.8. The van der Waals surface area contributed by atoms with Gasteiger partial charge in [-0.05, 0) is 30.5 Å². The zero-order valence-corrected chi connectivity index (χ0v) is 12.5. The molecule has 1 atom stereocenters. The lowest BCUT2D eigenvalue weighted by Gasteiger charge is -2.23. The first-order valence-corrected chi connectivity index (χ1v) is 8.02. The summed E-state index contributed by atoms with van der Waals surface area (Å²) in [5.41, 5.74) is 4.41. The fourth-order valence-electron chi connectivity index (χ4n) is 3.53. The van der Waals surface area contributed by atoms with E-state index in [2.05, 4.69) is 32.6 Å². The third kappa shape index (κ3) is 2.04. The molecule has 1 unspecified atom stereocenters. The first-order valence-electron chi connectivity index (χ1n) is 8.02. The van der Waals surface area contributed by atoms with Crippen LogP contribution in [0, 0.1) is 0 Å². The number of aromatic amines is 1. The van der Waals surface area contributed by atoms with Crippen molar-refractivity contribution in [3.63, 3.8) is 0 Å². The van der Waals surface area contributed by atoms with Gasteiger partial charge >= 0.3 is 0 Å². The van der Waals surface area contributed by atoms with Gasteiger partial charge in [0.05, 0.1) is 5.52 Å². The van der Waals surface area contributed by atoms with E-state index in [9.17, 15) is 4.79 Å². The summed E-state index contributed by atoms with van der Waals surface area (Å²) in [5.74, 6) is 1.31. The van der Waals surface area contributed by atoms with Crippen molar-refractivity contribution >= 4 is 22.6 Å². The first-order chi connectivity index (χ1) is 11.3. The molecule has 1 saturated carbocycles. The Balaban J connectivity index is 1.67. The predicted molar refractivity (Wildman–Crippen MR) is 87.4 cm³/mol. The third-order valence-corrected chi connectivity index (χ3v) is 4.83. The maximum absolute atomic E-state index is 12.1. The Morgan fingerprint density at radius 2 is 2.04 bits per heavy atom. The third-order valence-electron chi connectivity index (χ3n) is 4.83. The monoisotopic (exact) mass is 304 g/mol. The molecule has 114 valence electrons. The average molecular weight is 304 g/mol. The van der Waals surface area contributed by atoms with Crippen molar-refractivity contribution in [3.05, 3.63) is 53.3 Å². The van der Waals surface area contributed by atoms with Gasteiger partial charge in [0.25, 0.3) is 0 Å². The lowest BCUT2D eigenvalue weighted by Crippen LogP contribution is -2.23. The van der Waals surface area contributed by atoms with Gasteiger partial charge < -0.3 is 5.32 Å². The van der Waals surface area contributed by atoms with Gasteiger partial charge in [-0.15, -0.1) is 0 Å². The van der Waals surface area contributed by atoms with Crippen molar-refractivity contribution < 1.29 is 4.79 Å².